The minimum Gasteiger partial charge on any atom is -0.330 e. The van der Waals surface area contributed by atoms with Crippen LogP contribution in [0.25, 0.3) is 4.96 Å². The highest BCUT2D eigenvalue weighted by Crippen LogP contribution is 2.22. The molecule has 2 heterocycles. The lowest BCUT2D eigenvalue weighted by atomic mass is 10.2. The van der Waals surface area contributed by atoms with E-state index in [1.54, 1.807) is 6.26 Å². The maximum Gasteiger partial charge on any atom is 0.275 e. The van der Waals surface area contributed by atoms with Crippen LogP contribution >= 0.6 is 11.3 Å². The molecule has 8 heteroatoms. The number of hydrogen-bond acceptors (Lipinski definition) is 6. The van der Waals surface area contributed by atoms with Gasteiger partial charge in [0.25, 0.3) is 5.56 Å². The third kappa shape index (κ3) is 3.65. The summed E-state index contributed by atoms with van der Waals surface area (Å²) in [6.07, 6.45) is 2.39. The van der Waals surface area contributed by atoms with Gasteiger partial charge in [0, 0.05) is 40.3 Å². The Morgan fingerprint density at radius 3 is 2.91 bits per heavy atom. The van der Waals surface area contributed by atoms with Crippen LogP contribution in [0.5, 0.6) is 0 Å². The molecule has 0 saturated heterocycles. The van der Waals surface area contributed by atoms with Crippen LogP contribution in [-0.2, 0) is 23.0 Å². The Bertz CT molecular complexity index is 933. The number of nitrogens with one attached hydrogen (secondary N) is 1. The molecule has 3 aromatic rings. The Labute approximate surface area is 139 Å². The van der Waals surface area contributed by atoms with Crippen molar-refractivity contribution < 1.29 is 4.21 Å². The molecule has 0 bridgehead atoms. The van der Waals surface area contributed by atoms with Gasteiger partial charge in [0.05, 0.1) is 0 Å². The highest BCUT2D eigenvalue weighted by atomic mass is 32.2. The molecular weight excluding hydrogens is 332 g/mol. The SMILES string of the molecule is CCc1cc(=O)n2nc(Nc3cccc(CS(C)=O)c3)sc2n1. The topological polar surface area (TPSA) is 76.4 Å². The molecule has 1 atom stereocenters. The molecule has 0 aliphatic carbocycles. The quantitative estimate of drug-likeness (QED) is 0.766. The highest BCUT2D eigenvalue weighted by molar-refractivity contribution is 7.83. The molecule has 23 heavy (non-hydrogen) atoms. The largest absolute Gasteiger partial charge is 0.330 e. The monoisotopic (exact) mass is 348 g/mol. The average molecular weight is 348 g/mol. The zero-order chi connectivity index (χ0) is 16.4. The van der Waals surface area contributed by atoms with Crippen LogP contribution in [0, 0.1) is 0 Å². The van der Waals surface area contributed by atoms with E-state index in [1.807, 2.05) is 31.2 Å². The molecule has 0 aliphatic heterocycles. The van der Waals surface area contributed by atoms with Crippen molar-refractivity contribution in [3.63, 3.8) is 0 Å². The maximum absolute atomic E-state index is 12.0. The van der Waals surface area contributed by atoms with Crippen LogP contribution in [0.4, 0.5) is 10.8 Å². The van der Waals surface area contributed by atoms with Crippen molar-refractivity contribution in [1.29, 1.82) is 0 Å². The third-order valence-electron chi connectivity index (χ3n) is 3.21. The van der Waals surface area contributed by atoms with Crippen molar-refractivity contribution in [2.24, 2.45) is 0 Å². The summed E-state index contributed by atoms with van der Waals surface area (Å²) in [5, 5.41) is 8.04. The molecule has 0 saturated carbocycles. The number of rotatable bonds is 5. The Hall–Kier alpha value is -2.06. The van der Waals surface area contributed by atoms with Crippen LogP contribution < -0.4 is 10.9 Å². The summed E-state index contributed by atoms with van der Waals surface area (Å²) in [7, 11) is -0.887. The van der Waals surface area contributed by atoms with Crippen LogP contribution in [0.15, 0.2) is 35.1 Å². The Morgan fingerprint density at radius 2 is 2.17 bits per heavy atom. The molecule has 0 aliphatic rings. The molecule has 120 valence electrons. The Kier molecular flexibility index (Phi) is 4.53. The molecule has 0 spiro atoms. The number of nitrogens with zero attached hydrogens (tertiary/aromatic N) is 3. The number of anilines is 2. The van der Waals surface area contributed by atoms with Gasteiger partial charge in [0.1, 0.15) is 0 Å². The van der Waals surface area contributed by atoms with E-state index in [4.69, 9.17) is 0 Å². The van der Waals surface area contributed by atoms with E-state index in [2.05, 4.69) is 15.4 Å². The second kappa shape index (κ2) is 6.59. The highest BCUT2D eigenvalue weighted by Gasteiger charge is 2.09. The number of aryl methyl sites for hydroxylation is 1. The fourth-order valence-corrected chi connectivity index (χ4v) is 3.68. The molecule has 1 unspecified atom stereocenters. The zero-order valence-corrected chi connectivity index (χ0v) is 14.4. The first-order valence-electron chi connectivity index (χ1n) is 7.11. The zero-order valence-electron chi connectivity index (χ0n) is 12.8. The normalized spacial score (nSPS) is 12.4. The molecule has 3 rings (SSSR count). The van der Waals surface area contributed by atoms with Crippen molar-refractivity contribution in [3.8, 4) is 0 Å². The maximum atomic E-state index is 12.0. The van der Waals surface area contributed by atoms with E-state index in [-0.39, 0.29) is 5.56 Å². The van der Waals surface area contributed by atoms with Crippen LogP contribution in [0.1, 0.15) is 18.2 Å². The Morgan fingerprint density at radius 1 is 1.35 bits per heavy atom. The summed E-state index contributed by atoms with van der Waals surface area (Å²) in [6, 6.07) is 9.18. The third-order valence-corrected chi connectivity index (χ3v) is 4.77. The van der Waals surface area contributed by atoms with Crippen LogP contribution in [0.2, 0.25) is 0 Å². The minimum absolute atomic E-state index is 0.175. The summed E-state index contributed by atoms with van der Waals surface area (Å²) in [5.74, 6) is 0.510. The first kappa shape index (κ1) is 15.8. The summed E-state index contributed by atoms with van der Waals surface area (Å²) >= 11 is 1.33. The fourth-order valence-electron chi connectivity index (χ4n) is 2.18. The van der Waals surface area contributed by atoms with Gasteiger partial charge in [-0.2, -0.15) is 4.52 Å². The summed E-state index contributed by atoms with van der Waals surface area (Å²) in [6.45, 7) is 1.96. The average Bonchev–Trinajstić information content (AvgIpc) is 2.89. The molecule has 2 aromatic heterocycles. The fraction of sp³-hybridized carbons (Fsp3) is 0.267. The van der Waals surface area contributed by atoms with Gasteiger partial charge >= 0.3 is 0 Å². The number of fused-ring (bicyclic) bond motifs is 1. The van der Waals surface area contributed by atoms with E-state index in [0.29, 0.717) is 22.3 Å². The second-order valence-corrected chi connectivity index (χ2v) is 7.47. The van der Waals surface area contributed by atoms with Crippen LogP contribution in [0.3, 0.4) is 0 Å². The van der Waals surface area contributed by atoms with E-state index in [1.165, 1.54) is 21.9 Å². The molecule has 0 radical (unpaired) electrons. The van der Waals surface area contributed by atoms with E-state index >= 15 is 0 Å². The second-order valence-electron chi connectivity index (χ2n) is 5.08. The van der Waals surface area contributed by atoms with E-state index in [9.17, 15) is 9.00 Å². The van der Waals surface area contributed by atoms with E-state index < -0.39 is 10.8 Å². The molecule has 0 amide bonds. The molecule has 1 N–H and O–H groups in total. The molecule has 6 nitrogen and oxygen atoms in total. The summed E-state index contributed by atoms with van der Waals surface area (Å²) in [5.41, 5.74) is 2.42. The Balaban J connectivity index is 1.91. The van der Waals surface area contributed by atoms with Crippen LogP contribution in [-0.4, -0.2) is 25.1 Å². The van der Waals surface area contributed by atoms with Crippen molar-refractivity contribution in [3.05, 3.63) is 51.9 Å². The van der Waals surface area contributed by atoms with E-state index in [0.717, 1.165) is 16.9 Å². The van der Waals surface area contributed by atoms with Crippen molar-refractivity contribution >= 4 is 37.9 Å². The minimum atomic E-state index is -0.887. The molecule has 1 aromatic carbocycles. The van der Waals surface area contributed by atoms with Gasteiger partial charge < -0.3 is 5.32 Å². The lowest BCUT2D eigenvalue weighted by Crippen LogP contribution is -2.15. The summed E-state index contributed by atoms with van der Waals surface area (Å²) < 4.78 is 12.6. The molecular formula is C15H16N4O2S2. The predicted molar refractivity (Wildman–Crippen MR) is 94.0 cm³/mol. The van der Waals surface area contributed by atoms with Gasteiger partial charge in [-0.25, -0.2) is 4.98 Å². The lowest BCUT2D eigenvalue weighted by Gasteiger charge is -2.04. The smallest absolute Gasteiger partial charge is 0.275 e. The van der Waals surface area contributed by atoms with Gasteiger partial charge in [0.2, 0.25) is 10.1 Å². The first-order chi connectivity index (χ1) is 11.0. The predicted octanol–water partition coefficient (Wildman–Crippen LogP) is 2.34. The van der Waals surface area contributed by atoms with Crippen molar-refractivity contribution in [2.45, 2.75) is 19.1 Å². The molecule has 0 fully saturated rings. The van der Waals surface area contributed by atoms with Crippen molar-refractivity contribution in [2.75, 3.05) is 11.6 Å². The van der Waals surface area contributed by atoms with Crippen molar-refractivity contribution in [1.82, 2.24) is 14.6 Å². The number of benzene rings is 1. The number of aromatic nitrogens is 3. The van der Waals surface area contributed by atoms with Gasteiger partial charge in [-0.1, -0.05) is 30.4 Å². The standard InChI is InChI=1S/C15H16N4O2S2/c1-3-11-8-13(20)19-15(17-11)22-14(18-19)16-12-6-4-5-10(7-12)9-23(2)21/h4-8H,3,9H2,1-2H3,(H,16,18). The van der Waals surface area contributed by atoms with Gasteiger partial charge in [-0.05, 0) is 24.1 Å². The lowest BCUT2D eigenvalue weighted by molar-refractivity contribution is 0.686. The first-order valence-corrected chi connectivity index (χ1v) is 9.65. The van der Waals surface area contributed by atoms with Gasteiger partial charge in [0.15, 0.2) is 0 Å². The van der Waals surface area contributed by atoms with Gasteiger partial charge in [-0.3, -0.25) is 9.00 Å². The summed E-state index contributed by atoms with van der Waals surface area (Å²) in [4.78, 5) is 17.0. The number of hydrogen-bond donors (Lipinski definition) is 1. The van der Waals surface area contributed by atoms with Gasteiger partial charge in [-0.15, -0.1) is 5.10 Å².